The molecule has 0 amide bonds. The third kappa shape index (κ3) is 2.68. The summed E-state index contributed by atoms with van der Waals surface area (Å²) in [5, 5.41) is 1.40. The summed E-state index contributed by atoms with van der Waals surface area (Å²) in [7, 11) is -1.32. The predicted octanol–water partition coefficient (Wildman–Crippen LogP) is 3.52. The molecule has 0 atom stereocenters. The van der Waals surface area contributed by atoms with Crippen LogP contribution in [0.2, 0.25) is 19.6 Å². The molecule has 1 aromatic rings. The van der Waals surface area contributed by atoms with E-state index in [1.165, 1.54) is 17.2 Å². The van der Waals surface area contributed by atoms with Gasteiger partial charge in [-0.15, -0.1) is 0 Å². The van der Waals surface area contributed by atoms with Gasteiger partial charge in [-0.2, -0.15) is 0 Å². The standard InChI is InChI=1S/C15H22OSi/c1-11-8-13(15(16)12-6-5-7-12)10-14(9-11)17(2,3)4/h8-10,12H,5-7H2,1-4H3. The quantitative estimate of drug-likeness (QED) is 0.589. The van der Waals surface area contributed by atoms with E-state index >= 15 is 0 Å². The molecule has 2 heteroatoms. The average molecular weight is 246 g/mol. The number of hydrogen-bond donors (Lipinski definition) is 0. The van der Waals surface area contributed by atoms with Crippen molar-refractivity contribution in [3.05, 3.63) is 29.3 Å². The fourth-order valence-corrected chi connectivity index (χ4v) is 3.51. The number of carbonyl (C=O) groups is 1. The monoisotopic (exact) mass is 246 g/mol. The van der Waals surface area contributed by atoms with Crippen LogP contribution in [0.3, 0.4) is 0 Å². The van der Waals surface area contributed by atoms with Gasteiger partial charge in [0.1, 0.15) is 0 Å². The van der Waals surface area contributed by atoms with E-state index in [1.54, 1.807) is 0 Å². The van der Waals surface area contributed by atoms with Crippen LogP contribution in [-0.4, -0.2) is 13.9 Å². The van der Waals surface area contributed by atoms with E-state index in [1.807, 2.05) is 0 Å². The molecule has 1 nitrogen and oxygen atoms in total. The highest BCUT2D eigenvalue weighted by Crippen LogP contribution is 2.29. The highest BCUT2D eigenvalue weighted by Gasteiger charge is 2.27. The first-order valence-electron chi connectivity index (χ1n) is 6.54. The van der Waals surface area contributed by atoms with Crippen molar-refractivity contribution >= 4 is 19.0 Å². The summed E-state index contributed by atoms with van der Waals surface area (Å²) in [6, 6.07) is 6.47. The molecule has 0 bridgehead atoms. The lowest BCUT2D eigenvalue weighted by atomic mass is 9.80. The number of Topliss-reactive ketones (excluding diaryl/α,β-unsaturated/α-hetero) is 1. The van der Waals surface area contributed by atoms with E-state index < -0.39 is 8.07 Å². The highest BCUT2D eigenvalue weighted by atomic mass is 28.3. The molecular weight excluding hydrogens is 224 g/mol. The number of rotatable bonds is 3. The predicted molar refractivity (Wildman–Crippen MR) is 75.8 cm³/mol. The summed E-state index contributed by atoms with van der Waals surface area (Å²) >= 11 is 0. The van der Waals surface area contributed by atoms with Gasteiger partial charge in [0.15, 0.2) is 5.78 Å². The van der Waals surface area contributed by atoms with Crippen LogP contribution in [0.1, 0.15) is 35.2 Å². The molecule has 92 valence electrons. The molecule has 0 aliphatic heterocycles. The summed E-state index contributed by atoms with van der Waals surface area (Å²) in [5.74, 6) is 0.686. The second-order valence-corrected chi connectivity index (χ2v) is 11.4. The molecule has 2 rings (SSSR count). The Bertz CT molecular complexity index is 439. The van der Waals surface area contributed by atoms with Crippen LogP contribution in [0.25, 0.3) is 0 Å². The first-order valence-corrected chi connectivity index (χ1v) is 10.0. The summed E-state index contributed by atoms with van der Waals surface area (Å²) in [4.78, 5) is 12.3. The van der Waals surface area contributed by atoms with Crippen molar-refractivity contribution in [1.82, 2.24) is 0 Å². The Morgan fingerprint density at radius 1 is 1.18 bits per heavy atom. The lowest BCUT2D eigenvalue weighted by molar-refractivity contribution is 0.0855. The number of hydrogen-bond acceptors (Lipinski definition) is 1. The largest absolute Gasteiger partial charge is 0.294 e. The summed E-state index contributed by atoms with van der Waals surface area (Å²) in [6.45, 7) is 9.10. The molecule has 1 fully saturated rings. The molecule has 0 N–H and O–H groups in total. The average Bonchev–Trinajstić information content (AvgIpc) is 2.12. The van der Waals surface area contributed by atoms with Crippen LogP contribution in [0.15, 0.2) is 18.2 Å². The van der Waals surface area contributed by atoms with Gasteiger partial charge in [0, 0.05) is 11.5 Å². The normalized spacial score (nSPS) is 16.7. The molecule has 1 aliphatic carbocycles. The third-order valence-corrected chi connectivity index (χ3v) is 5.72. The van der Waals surface area contributed by atoms with E-state index in [0.717, 1.165) is 18.4 Å². The topological polar surface area (TPSA) is 17.1 Å². The van der Waals surface area contributed by atoms with Gasteiger partial charge in [-0.3, -0.25) is 4.79 Å². The fraction of sp³-hybridized carbons (Fsp3) is 0.533. The fourth-order valence-electron chi connectivity index (χ4n) is 2.26. The minimum atomic E-state index is -1.32. The molecule has 0 aromatic heterocycles. The molecule has 0 heterocycles. The SMILES string of the molecule is Cc1cc(C(=O)C2CCC2)cc([Si](C)(C)C)c1. The van der Waals surface area contributed by atoms with Gasteiger partial charge < -0.3 is 0 Å². The van der Waals surface area contributed by atoms with Gasteiger partial charge in [-0.05, 0) is 25.8 Å². The van der Waals surface area contributed by atoms with Gasteiger partial charge in [0.2, 0.25) is 0 Å². The lowest BCUT2D eigenvalue weighted by Crippen LogP contribution is -2.38. The van der Waals surface area contributed by atoms with Gasteiger partial charge in [0.25, 0.3) is 0 Å². The van der Waals surface area contributed by atoms with Gasteiger partial charge in [-0.1, -0.05) is 48.9 Å². The zero-order chi connectivity index (χ0) is 12.6. The molecule has 0 saturated heterocycles. The van der Waals surface area contributed by atoms with Crippen molar-refractivity contribution in [1.29, 1.82) is 0 Å². The zero-order valence-electron chi connectivity index (χ0n) is 11.3. The lowest BCUT2D eigenvalue weighted by Gasteiger charge is -2.25. The summed E-state index contributed by atoms with van der Waals surface area (Å²) < 4.78 is 0. The first-order chi connectivity index (χ1) is 7.88. The van der Waals surface area contributed by atoms with E-state index in [2.05, 4.69) is 44.8 Å². The first kappa shape index (κ1) is 12.6. The maximum absolute atomic E-state index is 12.3. The Morgan fingerprint density at radius 2 is 1.82 bits per heavy atom. The zero-order valence-corrected chi connectivity index (χ0v) is 12.3. The van der Waals surface area contributed by atoms with Crippen LogP contribution in [0.5, 0.6) is 0 Å². The molecule has 0 spiro atoms. The summed E-state index contributed by atoms with van der Waals surface area (Å²) in [5.41, 5.74) is 2.18. The van der Waals surface area contributed by atoms with E-state index in [9.17, 15) is 4.79 Å². The van der Waals surface area contributed by atoms with E-state index in [4.69, 9.17) is 0 Å². The molecule has 1 saturated carbocycles. The van der Waals surface area contributed by atoms with Gasteiger partial charge in [-0.25, -0.2) is 0 Å². The Labute approximate surface area is 105 Å². The smallest absolute Gasteiger partial charge is 0.165 e. The number of aryl methyl sites for hydroxylation is 1. The van der Waals surface area contributed by atoms with Crippen LogP contribution >= 0.6 is 0 Å². The Hall–Kier alpha value is -0.893. The van der Waals surface area contributed by atoms with Crippen LogP contribution in [0.4, 0.5) is 0 Å². The molecule has 1 aromatic carbocycles. The van der Waals surface area contributed by atoms with Crippen LogP contribution < -0.4 is 5.19 Å². The third-order valence-electron chi connectivity index (χ3n) is 3.70. The highest BCUT2D eigenvalue weighted by molar-refractivity contribution is 6.88. The maximum Gasteiger partial charge on any atom is 0.165 e. The van der Waals surface area contributed by atoms with E-state index in [-0.39, 0.29) is 0 Å². The number of ketones is 1. The Balaban J connectivity index is 2.34. The Kier molecular flexibility index (Phi) is 3.26. The van der Waals surface area contributed by atoms with Crippen molar-refractivity contribution in [2.45, 2.75) is 45.8 Å². The van der Waals surface area contributed by atoms with Crippen molar-refractivity contribution in [2.24, 2.45) is 5.92 Å². The van der Waals surface area contributed by atoms with Crippen molar-refractivity contribution in [3.63, 3.8) is 0 Å². The van der Waals surface area contributed by atoms with Gasteiger partial charge in [0.05, 0.1) is 8.07 Å². The molecule has 1 aliphatic rings. The second-order valence-electron chi connectivity index (χ2n) is 6.33. The minimum absolute atomic E-state index is 0.311. The number of carbonyl (C=O) groups excluding carboxylic acids is 1. The molecular formula is C15H22OSi. The van der Waals surface area contributed by atoms with Gasteiger partial charge >= 0.3 is 0 Å². The van der Waals surface area contributed by atoms with Crippen LogP contribution in [0, 0.1) is 12.8 Å². The van der Waals surface area contributed by atoms with Crippen molar-refractivity contribution in [2.75, 3.05) is 0 Å². The molecule has 17 heavy (non-hydrogen) atoms. The number of benzene rings is 1. The molecule has 0 radical (unpaired) electrons. The maximum atomic E-state index is 12.3. The molecule has 0 unspecified atom stereocenters. The van der Waals surface area contributed by atoms with Crippen molar-refractivity contribution < 1.29 is 4.79 Å². The summed E-state index contributed by atoms with van der Waals surface area (Å²) in [6.07, 6.45) is 3.41. The van der Waals surface area contributed by atoms with Crippen LogP contribution in [-0.2, 0) is 0 Å². The Morgan fingerprint density at radius 3 is 2.29 bits per heavy atom. The van der Waals surface area contributed by atoms with Crippen molar-refractivity contribution in [3.8, 4) is 0 Å². The second kappa shape index (κ2) is 4.41. The van der Waals surface area contributed by atoms with E-state index in [0.29, 0.717) is 11.7 Å². The minimum Gasteiger partial charge on any atom is -0.294 e.